The highest BCUT2D eigenvalue weighted by Gasteiger charge is 2.18. The molecule has 0 radical (unpaired) electrons. The summed E-state index contributed by atoms with van der Waals surface area (Å²) in [4.78, 5) is 19.5. The van der Waals surface area contributed by atoms with E-state index in [2.05, 4.69) is 0 Å². The van der Waals surface area contributed by atoms with E-state index in [1.807, 2.05) is 0 Å². The number of carboxylic acid groups (broad SMARTS) is 2. The van der Waals surface area contributed by atoms with Crippen LogP contribution < -0.4 is 0 Å². The molecule has 0 amide bonds. The number of carbonyl (C=O) groups is 2. The van der Waals surface area contributed by atoms with Crippen LogP contribution in [0.2, 0.25) is 0 Å². The van der Waals surface area contributed by atoms with E-state index < -0.39 is 23.5 Å². The first-order valence-electron chi connectivity index (χ1n) is 3.73. The highest BCUT2D eigenvalue weighted by molar-refractivity contribution is 5.72. The van der Waals surface area contributed by atoms with Crippen molar-refractivity contribution in [2.24, 2.45) is 5.41 Å². The quantitative estimate of drug-likeness (QED) is 0.564. The third-order valence-electron chi connectivity index (χ3n) is 0.999. The lowest BCUT2D eigenvalue weighted by molar-refractivity contribution is -0.146. The summed E-state index contributed by atoms with van der Waals surface area (Å²) in [6, 6.07) is 0. The summed E-state index contributed by atoms with van der Waals surface area (Å²) in [6.45, 7) is 6.18. The number of aliphatic hydroxyl groups excluding tert-OH is 1. The minimum Gasteiger partial charge on any atom is -0.481 e. The van der Waals surface area contributed by atoms with Crippen LogP contribution in [0.5, 0.6) is 0 Å². The SMILES string of the molecule is CC(C)(C)C(=O)O.CC(O)C(=O)O. The van der Waals surface area contributed by atoms with Gasteiger partial charge in [-0.3, -0.25) is 4.79 Å². The van der Waals surface area contributed by atoms with Gasteiger partial charge in [-0.2, -0.15) is 0 Å². The topological polar surface area (TPSA) is 94.8 Å². The number of hydrogen-bond acceptors (Lipinski definition) is 3. The van der Waals surface area contributed by atoms with Gasteiger partial charge in [0.2, 0.25) is 0 Å². The molecule has 0 spiro atoms. The Kier molecular flexibility index (Phi) is 6.14. The molecular formula is C8H16O5. The fourth-order valence-electron chi connectivity index (χ4n) is 0. The zero-order chi connectivity index (χ0) is 11.2. The van der Waals surface area contributed by atoms with Gasteiger partial charge in [0.25, 0.3) is 0 Å². The predicted octanol–water partition coefficient (Wildman–Crippen LogP) is 0.569. The van der Waals surface area contributed by atoms with Gasteiger partial charge in [-0.15, -0.1) is 0 Å². The van der Waals surface area contributed by atoms with Gasteiger partial charge < -0.3 is 15.3 Å². The highest BCUT2D eigenvalue weighted by atomic mass is 16.4. The van der Waals surface area contributed by atoms with Crippen molar-refractivity contribution in [1.82, 2.24) is 0 Å². The third-order valence-corrected chi connectivity index (χ3v) is 0.999. The minimum atomic E-state index is -1.23. The summed E-state index contributed by atoms with van der Waals surface area (Å²) in [5.41, 5.74) is -0.583. The van der Waals surface area contributed by atoms with Crippen LogP contribution in [-0.4, -0.2) is 33.4 Å². The number of rotatable bonds is 1. The van der Waals surface area contributed by atoms with Crippen molar-refractivity contribution >= 4 is 11.9 Å². The van der Waals surface area contributed by atoms with Crippen LogP contribution >= 0.6 is 0 Å². The second kappa shape index (κ2) is 5.53. The number of aliphatic carboxylic acids is 2. The first-order chi connectivity index (χ1) is 5.59. The summed E-state index contributed by atoms with van der Waals surface area (Å²) in [6.07, 6.45) is -1.23. The molecule has 5 heteroatoms. The molecule has 0 rings (SSSR count). The monoisotopic (exact) mass is 192 g/mol. The second-order valence-corrected chi connectivity index (χ2v) is 3.57. The van der Waals surface area contributed by atoms with Gasteiger partial charge in [0.05, 0.1) is 5.41 Å². The zero-order valence-electron chi connectivity index (χ0n) is 8.24. The Morgan fingerprint density at radius 3 is 1.31 bits per heavy atom. The van der Waals surface area contributed by atoms with E-state index in [0.29, 0.717) is 0 Å². The summed E-state index contributed by atoms with van der Waals surface area (Å²) >= 11 is 0. The third kappa shape index (κ3) is 10.9. The van der Waals surface area contributed by atoms with Crippen molar-refractivity contribution in [3.05, 3.63) is 0 Å². The Bertz CT molecular complexity index is 177. The lowest BCUT2D eigenvalue weighted by Crippen LogP contribution is -2.18. The predicted molar refractivity (Wildman–Crippen MR) is 46.4 cm³/mol. The molecule has 0 aliphatic carbocycles. The van der Waals surface area contributed by atoms with Crippen LogP contribution in [0.4, 0.5) is 0 Å². The molecule has 78 valence electrons. The maximum atomic E-state index is 10.0. The number of carboxylic acids is 2. The van der Waals surface area contributed by atoms with Gasteiger partial charge in [-0.05, 0) is 27.7 Å². The molecule has 0 aromatic heterocycles. The molecule has 0 aliphatic heterocycles. The lowest BCUT2D eigenvalue weighted by Gasteiger charge is -2.08. The van der Waals surface area contributed by atoms with Crippen LogP contribution in [-0.2, 0) is 9.59 Å². The van der Waals surface area contributed by atoms with Gasteiger partial charge in [0.1, 0.15) is 6.10 Å². The molecule has 0 bridgehead atoms. The van der Waals surface area contributed by atoms with E-state index in [-0.39, 0.29) is 0 Å². The van der Waals surface area contributed by atoms with E-state index in [1.54, 1.807) is 20.8 Å². The second-order valence-electron chi connectivity index (χ2n) is 3.57. The van der Waals surface area contributed by atoms with E-state index in [0.717, 1.165) is 0 Å². The molecular weight excluding hydrogens is 176 g/mol. The molecule has 0 aliphatic rings. The first kappa shape index (κ1) is 14.4. The van der Waals surface area contributed by atoms with Gasteiger partial charge >= 0.3 is 11.9 Å². The van der Waals surface area contributed by atoms with Gasteiger partial charge in [0.15, 0.2) is 0 Å². The van der Waals surface area contributed by atoms with Crippen molar-refractivity contribution in [3.63, 3.8) is 0 Å². The van der Waals surface area contributed by atoms with Crippen LogP contribution in [0.15, 0.2) is 0 Å². The van der Waals surface area contributed by atoms with Crippen molar-refractivity contribution in [2.75, 3.05) is 0 Å². The van der Waals surface area contributed by atoms with Crippen molar-refractivity contribution in [3.8, 4) is 0 Å². The molecule has 3 N–H and O–H groups in total. The Morgan fingerprint density at radius 1 is 1.15 bits per heavy atom. The zero-order valence-corrected chi connectivity index (χ0v) is 8.24. The maximum absolute atomic E-state index is 10.0. The molecule has 0 heterocycles. The Morgan fingerprint density at radius 2 is 1.31 bits per heavy atom. The summed E-state index contributed by atoms with van der Waals surface area (Å²) < 4.78 is 0. The Labute approximate surface area is 77.0 Å². The number of hydrogen-bond donors (Lipinski definition) is 3. The number of aliphatic hydroxyl groups is 1. The Hall–Kier alpha value is -1.10. The Balaban J connectivity index is 0. The van der Waals surface area contributed by atoms with E-state index in [4.69, 9.17) is 15.3 Å². The summed E-state index contributed by atoms with van der Waals surface area (Å²) in [7, 11) is 0. The van der Waals surface area contributed by atoms with Crippen LogP contribution in [0.25, 0.3) is 0 Å². The molecule has 0 saturated carbocycles. The fraction of sp³-hybridized carbons (Fsp3) is 0.750. The standard InChI is InChI=1S/C5H10O2.C3H6O3/c1-5(2,3)4(6)7;1-2(4)3(5)6/h1-3H3,(H,6,7);2,4H,1H3,(H,5,6). The summed E-state index contributed by atoms with van der Waals surface area (Å²) in [5, 5.41) is 24.0. The molecule has 1 unspecified atom stereocenters. The van der Waals surface area contributed by atoms with E-state index >= 15 is 0 Å². The summed E-state index contributed by atoms with van der Waals surface area (Å²) in [5.74, 6) is -1.94. The van der Waals surface area contributed by atoms with Gasteiger partial charge in [-0.25, -0.2) is 4.79 Å². The van der Waals surface area contributed by atoms with Crippen LogP contribution in [0.3, 0.4) is 0 Å². The minimum absolute atomic E-state index is 0.583. The smallest absolute Gasteiger partial charge is 0.332 e. The molecule has 0 fully saturated rings. The average Bonchev–Trinajstić information content (AvgIpc) is 1.86. The average molecular weight is 192 g/mol. The highest BCUT2D eigenvalue weighted by Crippen LogP contribution is 2.11. The van der Waals surface area contributed by atoms with Crippen molar-refractivity contribution in [2.45, 2.75) is 33.8 Å². The van der Waals surface area contributed by atoms with Crippen molar-refractivity contribution in [1.29, 1.82) is 0 Å². The molecule has 0 saturated heterocycles. The molecule has 0 aromatic carbocycles. The molecule has 1 atom stereocenters. The maximum Gasteiger partial charge on any atom is 0.332 e. The van der Waals surface area contributed by atoms with Crippen LogP contribution in [0, 0.1) is 5.41 Å². The van der Waals surface area contributed by atoms with Gasteiger partial charge in [0, 0.05) is 0 Å². The molecule has 5 nitrogen and oxygen atoms in total. The van der Waals surface area contributed by atoms with Crippen molar-refractivity contribution < 1.29 is 24.9 Å². The largest absolute Gasteiger partial charge is 0.481 e. The normalized spacial score (nSPS) is 12.4. The van der Waals surface area contributed by atoms with E-state index in [1.165, 1.54) is 6.92 Å². The molecule has 0 aromatic rings. The van der Waals surface area contributed by atoms with Gasteiger partial charge in [-0.1, -0.05) is 0 Å². The lowest BCUT2D eigenvalue weighted by atomic mass is 9.98. The van der Waals surface area contributed by atoms with Crippen LogP contribution in [0.1, 0.15) is 27.7 Å². The van der Waals surface area contributed by atoms with E-state index in [9.17, 15) is 9.59 Å². The molecule has 13 heavy (non-hydrogen) atoms. The first-order valence-corrected chi connectivity index (χ1v) is 3.73. The fourth-order valence-corrected chi connectivity index (χ4v) is 0.